The van der Waals surface area contributed by atoms with Crippen molar-refractivity contribution in [3.63, 3.8) is 0 Å². The largest absolute Gasteiger partial charge is 0.418 e. The van der Waals surface area contributed by atoms with Crippen molar-refractivity contribution in [2.45, 2.75) is 32.9 Å². The van der Waals surface area contributed by atoms with Gasteiger partial charge in [-0.2, -0.15) is 13.2 Å². The fraction of sp³-hybridized carbons (Fsp3) is 0.385. The molecule has 0 aliphatic carbocycles. The number of hydrogen-bond acceptors (Lipinski definition) is 2. The minimum Gasteiger partial charge on any atom is -0.240 e. The highest BCUT2D eigenvalue weighted by atomic mass is 19.4. The van der Waals surface area contributed by atoms with Crippen LogP contribution in [0.1, 0.15) is 36.6 Å². The Hall–Kier alpha value is -1.65. The molecule has 0 fully saturated rings. The van der Waals surface area contributed by atoms with Gasteiger partial charge in [-0.15, -0.1) is 0 Å². The number of halogens is 3. The molecule has 2 aromatic rings. The predicted octanol–water partition coefficient (Wildman–Crippen LogP) is 4.08. The van der Waals surface area contributed by atoms with Gasteiger partial charge in [0.15, 0.2) is 0 Å². The van der Waals surface area contributed by atoms with Crippen molar-refractivity contribution >= 4 is 10.9 Å². The van der Waals surface area contributed by atoms with Crippen molar-refractivity contribution in [3.8, 4) is 0 Å². The lowest BCUT2D eigenvalue weighted by Crippen LogP contribution is -2.08. The van der Waals surface area contributed by atoms with Crippen LogP contribution in [0.4, 0.5) is 13.2 Å². The summed E-state index contributed by atoms with van der Waals surface area (Å²) in [5.41, 5.74) is 0.495. The molecule has 0 amide bonds. The summed E-state index contributed by atoms with van der Waals surface area (Å²) >= 11 is 0. The van der Waals surface area contributed by atoms with Gasteiger partial charge in [-0.1, -0.05) is 13.8 Å². The Morgan fingerprint density at radius 2 is 1.78 bits per heavy atom. The van der Waals surface area contributed by atoms with Crippen LogP contribution in [0.25, 0.3) is 10.9 Å². The van der Waals surface area contributed by atoms with E-state index in [9.17, 15) is 13.2 Å². The average molecular weight is 254 g/mol. The topological polar surface area (TPSA) is 25.8 Å². The molecule has 0 atom stereocenters. The maximum Gasteiger partial charge on any atom is 0.418 e. The second-order valence-corrected chi connectivity index (χ2v) is 4.62. The third-order valence-electron chi connectivity index (χ3n) is 2.77. The van der Waals surface area contributed by atoms with Crippen molar-refractivity contribution in [3.05, 3.63) is 35.3 Å². The molecule has 1 aromatic carbocycles. The fourth-order valence-corrected chi connectivity index (χ4v) is 2.01. The molecular formula is C13H13F3N2. The maximum absolute atomic E-state index is 13.0. The third kappa shape index (κ3) is 2.17. The lowest BCUT2D eigenvalue weighted by Gasteiger charge is -2.14. The highest BCUT2D eigenvalue weighted by Crippen LogP contribution is 2.36. The molecule has 0 saturated heterocycles. The number of aromatic nitrogens is 2. The van der Waals surface area contributed by atoms with Gasteiger partial charge in [0.1, 0.15) is 6.33 Å². The lowest BCUT2D eigenvalue weighted by atomic mass is 9.99. The Morgan fingerprint density at radius 3 is 2.33 bits per heavy atom. The van der Waals surface area contributed by atoms with E-state index >= 15 is 0 Å². The minimum absolute atomic E-state index is 0.0215. The zero-order chi connectivity index (χ0) is 13.5. The molecule has 0 saturated carbocycles. The molecule has 0 spiro atoms. The van der Waals surface area contributed by atoms with Gasteiger partial charge in [0.2, 0.25) is 0 Å². The SMILES string of the molecule is Cc1cc(C(F)(F)F)c2ncnc(C(C)C)c2c1. The summed E-state index contributed by atoms with van der Waals surface area (Å²) in [5, 5.41) is 0.486. The average Bonchev–Trinajstić information content (AvgIpc) is 2.25. The fourth-order valence-electron chi connectivity index (χ4n) is 2.01. The van der Waals surface area contributed by atoms with Gasteiger partial charge in [0, 0.05) is 5.39 Å². The first kappa shape index (κ1) is 12.8. The van der Waals surface area contributed by atoms with Gasteiger partial charge in [-0.25, -0.2) is 9.97 Å². The standard InChI is InChI=1S/C13H13F3N2/c1-7(2)11-9-4-8(3)5-10(13(14,15)16)12(9)18-6-17-11/h4-7H,1-3H3. The van der Waals surface area contributed by atoms with E-state index in [0.717, 1.165) is 6.07 Å². The Morgan fingerprint density at radius 1 is 1.11 bits per heavy atom. The third-order valence-corrected chi connectivity index (χ3v) is 2.77. The van der Waals surface area contributed by atoms with E-state index in [1.54, 1.807) is 13.0 Å². The van der Waals surface area contributed by atoms with Crippen LogP contribution in [-0.4, -0.2) is 9.97 Å². The summed E-state index contributed by atoms with van der Waals surface area (Å²) in [7, 11) is 0. The van der Waals surface area contributed by atoms with Crippen molar-refractivity contribution in [2.24, 2.45) is 0 Å². The monoisotopic (exact) mass is 254 g/mol. The van der Waals surface area contributed by atoms with E-state index in [4.69, 9.17) is 0 Å². The number of alkyl halides is 3. The second-order valence-electron chi connectivity index (χ2n) is 4.62. The molecule has 0 aliphatic rings. The first-order chi connectivity index (χ1) is 8.30. The van der Waals surface area contributed by atoms with Crippen molar-refractivity contribution in [1.29, 1.82) is 0 Å². The summed E-state index contributed by atoms with van der Waals surface area (Å²) in [6.45, 7) is 5.44. The lowest BCUT2D eigenvalue weighted by molar-refractivity contribution is -0.136. The van der Waals surface area contributed by atoms with Gasteiger partial charge in [-0.05, 0) is 30.5 Å². The molecular weight excluding hydrogens is 241 g/mol. The molecule has 96 valence electrons. The molecule has 1 aromatic heterocycles. The van der Waals surface area contributed by atoms with Crippen molar-refractivity contribution < 1.29 is 13.2 Å². The highest BCUT2D eigenvalue weighted by molar-refractivity contribution is 5.85. The summed E-state index contributed by atoms with van der Waals surface area (Å²) in [6.07, 6.45) is -3.20. The van der Waals surface area contributed by atoms with E-state index in [1.165, 1.54) is 6.33 Å². The van der Waals surface area contributed by atoms with E-state index in [2.05, 4.69) is 9.97 Å². The molecule has 0 bridgehead atoms. The molecule has 0 N–H and O–H groups in total. The van der Waals surface area contributed by atoms with E-state index < -0.39 is 11.7 Å². The normalized spacial score (nSPS) is 12.4. The molecule has 0 unspecified atom stereocenters. The van der Waals surface area contributed by atoms with E-state index in [-0.39, 0.29) is 11.4 Å². The first-order valence-electron chi connectivity index (χ1n) is 5.63. The van der Waals surface area contributed by atoms with Crippen LogP contribution >= 0.6 is 0 Å². The number of fused-ring (bicyclic) bond motifs is 1. The number of hydrogen-bond donors (Lipinski definition) is 0. The van der Waals surface area contributed by atoms with Gasteiger partial charge in [-0.3, -0.25) is 0 Å². The molecule has 5 heteroatoms. The van der Waals surface area contributed by atoms with Gasteiger partial charge < -0.3 is 0 Å². The second kappa shape index (κ2) is 4.23. The van der Waals surface area contributed by atoms with Crippen LogP contribution in [0.3, 0.4) is 0 Å². The zero-order valence-corrected chi connectivity index (χ0v) is 10.3. The van der Waals surface area contributed by atoms with E-state index in [0.29, 0.717) is 16.6 Å². The van der Waals surface area contributed by atoms with Gasteiger partial charge >= 0.3 is 6.18 Å². The Kier molecular flexibility index (Phi) is 3.00. The summed E-state index contributed by atoms with van der Waals surface area (Å²) in [6, 6.07) is 2.83. The van der Waals surface area contributed by atoms with Crippen LogP contribution in [0.2, 0.25) is 0 Å². The molecule has 0 radical (unpaired) electrons. The van der Waals surface area contributed by atoms with Crippen LogP contribution < -0.4 is 0 Å². The zero-order valence-electron chi connectivity index (χ0n) is 10.3. The van der Waals surface area contributed by atoms with E-state index in [1.807, 2.05) is 13.8 Å². The van der Waals surface area contributed by atoms with Crippen molar-refractivity contribution in [1.82, 2.24) is 9.97 Å². The summed E-state index contributed by atoms with van der Waals surface area (Å²) in [5.74, 6) is 0.0541. The number of rotatable bonds is 1. The molecule has 2 nitrogen and oxygen atoms in total. The summed E-state index contributed by atoms with van der Waals surface area (Å²) < 4.78 is 38.9. The molecule has 0 aliphatic heterocycles. The smallest absolute Gasteiger partial charge is 0.240 e. The number of benzene rings is 1. The Labute approximate surface area is 103 Å². The first-order valence-corrected chi connectivity index (χ1v) is 5.63. The molecule has 18 heavy (non-hydrogen) atoms. The Bertz CT molecular complexity index is 589. The molecule has 1 heterocycles. The minimum atomic E-state index is -4.40. The predicted molar refractivity (Wildman–Crippen MR) is 63.4 cm³/mol. The van der Waals surface area contributed by atoms with Gasteiger partial charge in [0.05, 0.1) is 16.8 Å². The highest BCUT2D eigenvalue weighted by Gasteiger charge is 2.34. The van der Waals surface area contributed by atoms with Crippen LogP contribution in [0.15, 0.2) is 18.5 Å². The maximum atomic E-state index is 13.0. The number of aryl methyl sites for hydroxylation is 1. The van der Waals surface area contributed by atoms with Crippen LogP contribution in [0.5, 0.6) is 0 Å². The van der Waals surface area contributed by atoms with Crippen LogP contribution in [0, 0.1) is 6.92 Å². The molecule has 2 rings (SSSR count). The Balaban J connectivity index is 2.87. The van der Waals surface area contributed by atoms with Crippen LogP contribution in [-0.2, 0) is 6.18 Å². The van der Waals surface area contributed by atoms with Gasteiger partial charge in [0.25, 0.3) is 0 Å². The summed E-state index contributed by atoms with van der Waals surface area (Å²) in [4.78, 5) is 7.89. The van der Waals surface area contributed by atoms with Crippen molar-refractivity contribution in [2.75, 3.05) is 0 Å². The number of nitrogens with zero attached hydrogens (tertiary/aromatic N) is 2. The quantitative estimate of drug-likeness (QED) is 0.766.